The van der Waals surface area contributed by atoms with Gasteiger partial charge in [-0.3, -0.25) is 19.2 Å². The minimum Gasteiger partial charge on any atom is -0.297 e. The Labute approximate surface area is 164 Å². The van der Waals surface area contributed by atoms with Crippen molar-refractivity contribution in [2.75, 3.05) is 6.54 Å². The Bertz CT molecular complexity index is 979. The van der Waals surface area contributed by atoms with Crippen LogP contribution in [0.5, 0.6) is 0 Å². The Morgan fingerprint density at radius 3 is 2.04 bits per heavy atom. The average molecular weight is 375 g/mol. The van der Waals surface area contributed by atoms with E-state index in [4.69, 9.17) is 0 Å². The summed E-state index contributed by atoms with van der Waals surface area (Å²) in [6, 6.07) is 20.8. The van der Waals surface area contributed by atoms with Crippen molar-refractivity contribution in [3.8, 4) is 0 Å². The quantitative estimate of drug-likeness (QED) is 0.616. The minimum atomic E-state index is -0.384. The third-order valence-electron chi connectivity index (χ3n) is 4.52. The first-order valence-electron chi connectivity index (χ1n) is 9.37. The molecule has 0 amide bonds. The van der Waals surface area contributed by atoms with Gasteiger partial charge in [-0.05, 0) is 18.1 Å². The number of hydrogen-bond donors (Lipinski definition) is 1. The van der Waals surface area contributed by atoms with Gasteiger partial charge in [-0.2, -0.15) is 0 Å². The van der Waals surface area contributed by atoms with Crippen LogP contribution in [0.2, 0.25) is 0 Å². The van der Waals surface area contributed by atoms with Crippen LogP contribution in [0.15, 0.2) is 88.6 Å². The molecule has 1 heterocycles. The number of hydrogen-bond acceptors (Lipinski definition) is 3. The Morgan fingerprint density at radius 2 is 1.46 bits per heavy atom. The van der Waals surface area contributed by atoms with E-state index >= 15 is 0 Å². The number of allylic oxidation sites excluding steroid dienone is 1. The van der Waals surface area contributed by atoms with Gasteiger partial charge in [-0.15, -0.1) is 0 Å². The van der Waals surface area contributed by atoms with Gasteiger partial charge in [0.25, 0.3) is 5.56 Å². The maximum atomic E-state index is 11.9. The molecule has 0 fully saturated rings. The summed E-state index contributed by atoms with van der Waals surface area (Å²) in [7, 11) is 0. The second kappa shape index (κ2) is 9.67. The molecule has 0 radical (unpaired) electrons. The Balaban J connectivity index is 1.66. The zero-order valence-electron chi connectivity index (χ0n) is 16.0. The molecule has 0 unspecified atom stereocenters. The predicted molar refractivity (Wildman–Crippen MR) is 112 cm³/mol. The molecule has 28 heavy (non-hydrogen) atoms. The number of nitrogens with zero attached hydrogens (tertiary/aromatic N) is 2. The molecule has 2 aromatic carbocycles. The maximum Gasteiger partial charge on any atom is 0.328 e. The standard InChI is InChI=1S/C23H25N3O2/c1-19-16-26(23(28)24-22(19)27)15-9-8-14-25(17-20-10-4-2-5-11-20)18-21-12-6-3-7-13-21/h2-13,16H,14-15,17-18H2,1H3,(H,24,27,28)/b9-8-. The molecule has 0 saturated carbocycles. The van der Waals surface area contributed by atoms with Gasteiger partial charge in [0.15, 0.2) is 0 Å². The van der Waals surface area contributed by atoms with Crippen molar-refractivity contribution in [2.24, 2.45) is 0 Å². The van der Waals surface area contributed by atoms with Crippen LogP contribution in [0.3, 0.4) is 0 Å². The zero-order valence-corrected chi connectivity index (χ0v) is 16.0. The van der Waals surface area contributed by atoms with Gasteiger partial charge in [-0.1, -0.05) is 72.8 Å². The average Bonchev–Trinajstić information content (AvgIpc) is 2.70. The number of aromatic amines is 1. The van der Waals surface area contributed by atoms with Gasteiger partial charge < -0.3 is 0 Å². The van der Waals surface area contributed by atoms with Crippen molar-refractivity contribution < 1.29 is 0 Å². The molecule has 3 aromatic rings. The molecule has 144 valence electrons. The number of aryl methyl sites for hydroxylation is 1. The van der Waals surface area contributed by atoms with Crippen LogP contribution < -0.4 is 11.2 Å². The van der Waals surface area contributed by atoms with Crippen LogP contribution in [0.1, 0.15) is 16.7 Å². The summed E-state index contributed by atoms with van der Waals surface area (Å²) in [6.45, 7) is 4.58. The second-order valence-electron chi connectivity index (χ2n) is 6.84. The summed E-state index contributed by atoms with van der Waals surface area (Å²) < 4.78 is 1.51. The van der Waals surface area contributed by atoms with Crippen molar-refractivity contribution in [3.05, 3.63) is 117 Å². The van der Waals surface area contributed by atoms with Crippen molar-refractivity contribution >= 4 is 0 Å². The molecular formula is C23H25N3O2. The fourth-order valence-electron chi connectivity index (χ4n) is 3.03. The number of rotatable bonds is 8. The lowest BCUT2D eigenvalue weighted by atomic mass is 10.1. The number of benzene rings is 2. The van der Waals surface area contributed by atoms with E-state index in [1.165, 1.54) is 15.7 Å². The van der Waals surface area contributed by atoms with E-state index in [0.29, 0.717) is 12.1 Å². The molecule has 0 aliphatic rings. The summed E-state index contributed by atoms with van der Waals surface area (Å²) in [5.74, 6) is 0. The summed E-state index contributed by atoms with van der Waals surface area (Å²) in [4.78, 5) is 28.0. The molecule has 0 saturated heterocycles. The maximum absolute atomic E-state index is 11.9. The summed E-state index contributed by atoms with van der Waals surface area (Å²) in [5, 5.41) is 0. The van der Waals surface area contributed by atoms with Gasteiger partial charge in [0.05, 0.1) is 0 Å². The van der Waals surface area contributed by atoms with E-state index in [-0.39, 0.29) is 11.2 Å². The van der Waals surface area contributed by atoms with E-state index in [0.717, 1.165) is 19.6 Å². The van der Waals surface area contributed by atoms with Gasteiger partial charge in [-0.25, -0.2) is 4.79 Å². The van der Waals surface area contributed by atoms with E-state index < -0.39 is 0 Å². The van der Waals surface area contributed by atoms with Crippen molar-refractivity contribution in [1.82, 2.24) is 14.5 Å². The number of nitrogens with one attached hydrogen (secondary N) is 1. The SMILES string of the molecule is Cc1cn(C/C=C\CN(Cc2ccccc2)Cc2ccccc2)c(=O)[nH]c1=O. The fourth-order valence-corrected chi connectivity index (χ4v) is 3.03. The molecule has 1 N–H and O–H groups in total. The Hall–Kier alpha value is -3.18. The summed E-state index contributed by atoms with van der Waals surface area (Å²) in [6.07, 6.45) is 5.62. The predicted octanol–water partition coefficient (Wildman–Crippen LogP) is 3.10. The summed E-state index contributed by atoms with van der Waals surface area (Å²) >= 11 is 0. The highest BCUT2D eigenvalue weighted by Gasteiger charge is 2.05. The lowest BCUT2D eigenvalue weighted by Crippen LogP contribution is -2.30. The van der Waals surface area contributed by atoms with Gasteiger partial charge >= 0.3 is 5.69 Å². The normalized spacial score (nSPS) is 11.4. The highest BCUT2D eigenvalue weighted by molar-refractivity contribution is 5.17. The first kappa shape index (κ1) is 19.6. The fraction of sp³-hybridized carbons (Fsp3) is 0.217. The van der Waals surface area contributed by atoms with Crippen LogP contribution in [-0.2, 0) is 19.6 Å². The smallest absolute Gasteiger partial charge is 0.297 e. The van der Waals surface area contributed by atoms with Gasteiger partial charge in [0, 0.05) is 37.9 Å². The van der Waals surface area contributed by atoms with Crippen LogP contribution in [-0.4, -0.2) is 21.0 Å². The minimum absolute atomic E-state index is 0.331. The van der Waals surface area contributed by atoms with Crippen LogP contribution in [0.4, 0.5) is 0 Å². The molecule has 0 aliphatic carbocycles. The molecule has 0 spiro atoms. The molecule has 0 atom stereocenters. The highest BCUT2D eigenvalue weighted by Crippen LogP contribution is 2.10. The van der Waals surface area contributed by atoms with Crippen molar-refractivity contribution in [1.29, 1.82) is 0 Å². The van der Waals surface area contributed by atoms with Crippen LogP contribution in [0.25, 0.3) is 0 Å². The first-order chi connectivity index (χ1) is 13.6. The largest absolute Gasteiger partial charge is 0.328 e. The number of H-pyrrole nitrogens is 1. The monoisotopic (exact) mass is 375 g/mol. The van der Waals surface area contributed by atoms with E-state index in [1.54, 1.807) is 13.1 Å². The molecular weight excluding hydrogens is 350 g/mol. The molecule has 0 aliphatic heterocycles. The van der Waals surface area contributed by atoms with E-state index in [1.807, 2.05) is 18.2 Å². The Morgan fingerprint density at radius 1 is 0.893 bits per heavy atom. The van der Waals surface area contributed by atoms with Crippen molar-refractivity contribution in [2.45, 2.75) is 26.6 Å². The zero-order chi connectivity index (χ0) is 19.8. The van der Waals surface area contributed by atoms with E-state index in [9.17, 15) is 9.59 Å². The van der Waals surface area contributed by atoms with Gasteiger partial charge in [0.2, 0.25) is 0 Å². The topological polar surface area (TPSA) is 58.1 Å². The lowest BCUT2D eigenvalue weighted by molar-refractivity contribution is 0.285. The highest BCUT2D eigenvalue weighted by atomic mass is 16.2. The third kappa shape index (κ3) is 5.66. The first-order valence-corrected chi connectivity index (χ1v) is 9.37. The summed E-state index contributed by atoms with van der Waals surface area (Å²) in [5.41, 5.74) is 2.34. The second-order valence-corrected chi connectivity index (χ2v) is 6.84. The number of aromatic nitrogens is 2. The third-order valence-corrected chi connectivity index (χ3v) is 4.52. The molecule has 5 nitrogen and oxygen atoms in total. The van der Waals surface area contributed by atoms with Crippen molar-refractivity contribution in [3.63, 3.8) is 0 Å². The van der Waals surface area contributed by atoms with Crippen LogP contribution >= 0.6 is 0 Å². The molecule has 1 aromatic heterocycles. The van der Waals surface area contributed by atoms with Crippen LogP contribution in [0, 0.1) is 6.92 Å². The van der Waals surface area contributed by atoms with Gasteiger partial charge in [0.1, 0.15) is 0 Å². The lowest BCUT2D eigenvalue weighted by Gasteiger charge is -2.21. The molecule has 3 rings (SSSR count). The molecule has 5 heteroatoms. The van der Waals surface area contributed by atoms with E-state index in [2.05, 4.69) is 64.5 Å². The Kier molecular flexibility index (Phi) is 6.76. The molecule has 0 bridgehead atoms.